The van der Waals surface area contributed by atoms with Gasteiger partial charge in [0.25, 0.3) is 0 Å². The molecule has 4 atom stereocenters. The van der Waals surface area contributed by atoms with Gasteiger partial charge in [0.15, 0.2) is 0 Å². The van der Waals surface area contributed by atoms with Gasteiger partial charge in [0, 0.05) is 11.4 Å². The molecule has 2 aliphatic heterocycles. The molecule has 2 heterocycles. The van der Waals surface area contributed by atoms with Crippen LogP contribution in [0.1, 0.15) is 30.4 Å². The van der Waals surface area contributed by atoms with Gasteiger partial charge in [-0.05, 0) is 132 Å². The Hall–Kier alpha value is -5.61. The number of benzene rings is 5. The Morgan fingerprint density at radius 1 is 0.855 bits per heavy atom. The molecule has 3 N–H and O–H groups in total. The van der Waals surface area contributed by atoms with Gasteiger partial charge in [-0.25, -0.2) is 0 Å². The van der Waals surface area contributed by atoms with Crippen molar-refractivity contribution in [3.63, 3.8) is 0 Å². The maximum absolute atomic E-state index is 14.5. The van der Waals surface area contributed by atoms with Crippen LogP contribution in [-0.2, 0) is 14.2 Å². The van der Waals surface area contributed by atoms with Crippen molar-refractivity contribution < 1.29 is 29.1 Å². The molecule has 5 aromatic rings. The minimum atomic E-state index is -1.12. The van der Waals surface area contributed by atoms with Crippen molar-refractivity contribution in [1.29, 1.82) is 0 Å². The van der Waals surface area contributed by atoms with Crippen molar-refractivity contribution in [1.82, 2.24) is 0 Å². The molecule has 2 saturated heterocycles. The quantitative estimate of drug-likeness (QED) is 0.0535. The Morgan fingerprint density at radius 2 is 1.53 bits per heavy atom. The molecular formula is C45H40BClN2O6. The molecule has 8 nitrogen and oxygen atoms in total. The van der Waals surface area contributed by atoms with E-state index in [9.17, 15) is 19.7 Å². The summed E-state index contributed by atoms with van der Waals surface area (Å²) in [5.41, 5.74) is 6.89. The van der Waals surface area contributed by atoms with Crippen LogP contribution >= 0.6 is 11.6 Å². The number of hydrogen-bond acceptors (Lipinski definition) is 7. The predicted octanol–water partition coefficient (Wildman–Crippen LogP) is 9.19. The zero-order chi connectivity index (χ0) is 37.9. The van der Waals surface area contributed by atoms with E-state index in [2.05, 4.69) is 5.32 Å². The number of allylic oxidation sites excluding steroid dienone is 1. The summed E-state index contributed by atoms with van der Waals surface area (Å²) < 4.78 is 12.6. The molecule has 0 radical (unpaired) electrons. The van der Waals surface area contributed by atoms with Gasteiger partial charge in [-0.3, -0.25) is 14.5 Å². The highest BCUT2D eigenvalue weighted by Crippen LogP contribution is 2.51. The summed E-state index contributed by atoms with van der Waals surface area (Å²) in [4.78, 5) is 30.1. The lowest BCUT2D eigenvalue weighted by molar-refractivity contribution is -0.122. The van der Waals surface area contributed by atoms with E-state index < -0.39 is 31.0 Å². The van der Waals surface area contributed by atoms with Crippen LogP contribution in [0.15, 0.2) is 145 Å². The number of carbonyl (C=O) groups excluding carboxylic acids is 2. The first-order chi connectivity index (χ1) is 26.8. The molecule has 276 valence electrons. The number of ether oxygens (including phenoxy) is 1. The van der Waals surface area contributed by atoms with E-state index in [-0.39, 0.29) is 30.5 Å². The fourth-order valence-electron chi connectivity index (χ4n) is 8.28. The number of amides is 2. The first kappa shape index (κ1) is 36.4. The second kappa shape index (κ2) is 16.0. The summed E-state index contributed by atoms with van der Waals surface area (Å²) >= 11 is 6.55. The highest BCUT2D eigenvalue weighted by Gasteiger charge is 2.57. The van der Waals surface area contributed by atoms with Crippen molar-refractivity contribution in [2.24, 2.45) is 17.8 Å². The number of halogens is 1. The summed E-state index contributed by atoms with van der Waals surface area (Å²) in [6.07, 6.45) is 3.06. The first-order valence-electron chi connectivity index (χ1n) is 18.6. The number of nitrogens with one attached hydrogen (secondary N) is 1. The monoisotopic (exact) mass is 750 g/mol. The predicted molar refractivity (Wildman–Crippen MR) is 217 cm³/mol. The number of nitrogens with zero attached hydrogens (tertiary/aromatic N) is 1. The van der Waals surface area contributed by atoms with E-state index in [1.165, 1.54) is 11.0 Å². The number of fused-ring (bicyclic) bond motifs is 3. The maximum Gasteiger partial charge on any atom is 0.455 e. The lowest BCUT2D eigenvalue weighted by Gasteiger charge is -2.43. The third-order valence-corrected chi connectivity index (χ3v) is 11.1. The average Bonchev–Trinajstić information content (AvgIpc) is 3.46. The van der Waals surface area contributed by atoms with Gasteiger partial charge in [-0.2, -0.15) is 0 Å². The van der Waals surface area contributed by atoms with E-state index in [0.29, 0.717) is 35.7 Å². The molecule has 0 bridgehead atoms. The Balaban J connectivity index is 1.11. The van der Waals surface area contributed by atoms with Gasteiger partial charge in [0.1, 0.15) is 18.1 Å². The number of hydrogen-bond donors (Lipinski definition) is 3. The zero-order valence-corrected chi connectivity index (χ0v) is 30.8. The average molecular weight is 751 g/mol. The van der Waals surface area contributed by atoms with Gasteiger partial charge in [-0.15, -0.1) is 0 Å². The van der Waals surface area contributed by atoms with Crippen molar-refractivity contribution in [2.75, 3.05) is 16.8 Å². The molecule has 1 aliphatic carbocycles. The van der Waals surface area contributed by atoms with Crippen molar-refractivity contribution in [3.05, 3.63) is 161 Å². The largest absolute Gasteiger partial charge is 0.508 e. The number of rotatable bonds is 11. The van der Waals surface area contributed by atoms with Crippen LogP contribution < -0.4 is 15.0 Å². The molecule has 0 spiro atoms. The van der Waals surface area contributed by atoms with Gasteiger partial charge in [0.05, 0.1) is 28.6 Å². The molecule has 3 aliphatic rings. The summed E-state index contributed by atoms with van der Waals surface area (Å²) in [5.74, 6) is -1.38. The van der Waals surface area contributed by atoms with Crippen LogP contribution in [0.2, 0.25) is 11.3 Å². The molecular weight excluding hydrogens is 711 g/mol. The summed E-state index contributed by atoms with van der Waals surface area (Å²) in [6.45, 7) is 0.223. The minimum Gasteiger partial charge on any atom is -0.508 e. The van der Waals surface area contributed by atoms with Crippen LogP contribution in [0.3, 0.4) is 0 Å². The summed E-state index contributed by atoms with van der Waals surface area (Å²) in [5, 5.41) is 25.0. The normalized spacial score (nSPS) is 21.0. The third-order valence-electron chi connectivity index (χ3n) is 10.8. The van der Waals surface area contributed by atoms with Crippen LogP contribution in [0.5, 0.6) is 11.5 Å². The van der Waals surface area contributed by atoms with Crippen molar-refractivity contribution >= 4 is 59.2 Å². The smallest absolute Gasteiger partial charge is 0.455 e. The fourth-order valence-corrected chi connectivity index (χ4v) is 8.51. The number of phenolic OH excluding ortho intramolecular Hbond substituents is 1. The standard InChI is InChI=1S/C45H40BClN2O6/c47-40-26-36(50)22-16-31(40)24-30(29-10-4-1-5-11-29)17-23-41-42-32(28-54-37-14-8-3-9-15-37)25-38-43(39(42)27-46(53)55-41)45(52)49(44(38)51)35-20-18-34(19-21-35)48-33-12-6-2-7-13-33/h1-16,18-22,24,26,38-39,41,43,48,50,53H,17,23,25,27-28H2/b30-24-/t38-,39+,41-,43-/m1/s1. The molecule has 55 heavy (non-hydrogen) atoms. The Kier molecular flexibility index (Phi) is 10.6. The first-order valence-corrected chi connectivity index (χ1v) is 19.0. The van der Waals surface area contributed by atoms with Crippen LogP contribution in [0.4, 0.5) is 17.1 Å². The van der Waals surface area contributed by atoms with Gasteiger partial charge < -0.3 is 24.8 Å². The van der Waals surface area contributed by atoms with Gasteiger partial charge in [-0.1, -0.05) is 78.3 Å². The molecule has 10 heteroatoms. The number of imide groups is 1. The van der Waals surface area contributed by atoms with E-state index in [1.807, 2.05) is 109 Å². The topological polar surface area (TPSA) is 108 Å². The SMILES string of the molecule is O=C1[C@@H]2[C@@H](CC(COc3ccccc3)=C3[C@@H](CC/C(=C/c4ccc(O)cc4Cl)c4ccccc4)OB(O)C[C@@H]32)C(=O)N1c1ccc(Nc2ccccc2)cc1. The maximum atomic E-state index is 14.5. The van der Waals surface area contributed by atoms with Crippen molar-refractivity contribution in [2.45, 2.75) is 31.7 Å². The van der Waals surface area contributed by atoms with E-state index in [4.69, 9.17) is 21.0 Å². The second-order valence-corrected chi connectivity index (χ2v) is 14.7. The van der Waals surface area contributed by atoms with Crippen LogP contribution in [0, 0.1) is 17.8 Å². The molecule has 2 amide bonds. The number of para-hydroxylation sites is 2. The van der Waals surface area contributed by atoms with Gasteiger partial charge in [0.2, 0.25) is 11.8 Å². The van der Waals surface area contributed by atoms with E-state index in [0.717, 1.165) is 39.2 Å². The summed E-state index contributed by atoms with van der Waals surface area (Å²) in [7, 11) is -1.12. The van der Waals surface area contributed by atoms with Crippen molar-refractivity contribution in [3.8, 4) is 11.5 Å². The Morgan fingerprint density at radius 3 is 2.24 bits per heavy atom. The van der Waals surface area contributed by atoms with Gasteiger partial charge >= 0.3 is 7.12 Å². The third kappa shape index (κ3) is 7.82. The molecule has 2 fully saturated rings. The molecule has 0 unspecified atom stereocenters. The van der Waals surface area contributed by atoms with E-state index in [1.54, 1.807) is 24.3 Å². The number of carbonyl (C=O) groups is 2. The minimum absolute atomic E-state index is 0.0856. The molecule has 0 aromatic heterocycles. The second-order valence-electron chi connectivity index (χ2n) is 14.2. The van der Waals surface area contributed by atoms with E-state index >= 15 is 0 Å². The van der Waals surface area contributed by atoms with Crippen LogP contribution in [0.25, 0.3) is 11.6 Å². The Labute approximate surface area is 325 Å². The highest BCUT2D eigenvalue weighted by atomic mass is 35.5. The molecule has 8 rings (SSSR count). The van der Waals surface area contributed by atoms with Crippen LogP contribution in [-0.4, -0.2) is 41.8 Å². The highest BCUT2D eigenvalue weighted by molar-refractivity contribution is 6.43. The molecule has 0 saturated carbocycles. The lowest BCUT2D eigenvalue weighted by atomic mass is 9.58. The Bertz CT molecular complexity index is 2230. The number of anilines is 3. The lowest BCUT2D eigenvalue weighted by Crippen LogP contribution is -2.46. The number of aromatic hydroxyl groups is 1. The fraction of sp³-hybridized carbons (Fsp3) is 0.200. The number of phenols is 1. The summed E-state index contributed by atoms with van der Waals surface area (Å²) in [6, 6.07) is 41.5. The zero-order valence-electron chi connectivity index (χ0n) is 30.1. The molecule has 5 aromatic carbocycles.